The second-order valence-electron chi connectivity index (χ2n) is 8.39. The first-order valence-electron chi connectivity index (χ1n) is 10.8. The predicted octanol–water partition coefficient (Wildman–Crippen LogP) is 3.70. The third-order valence-electron chi connectivity index (χ3n) is 5.98. The summed E-state index contributed by atoms with van der Waals surface area (Å²) in [5.74, 6) is 0.725. The zero-order chi connectivity index (χ0) is 23.7. The van der Waals surface area contributed by atoms with Crippen molar-refractivity contribution in [3.05, 3.63) is 53.2 Å². The zero-order valence-corrected chi connectivity index (χ0v) is 18.8. The summed E-state index contributed by atoms with van der Waals surface area (Å²) >= 11 is 0. The zero-order valence-electron chi connectivity index (χ0n) is 18.8. The molecule has 1 aliphatic rings. The van der Waals surface area contributed by atoms with Crippen molar-refractivity contribution in [3.63, 3.8) is 0 Å². The lowest BCUT2D eigenvalue weighted by atomic mass is 10.0. The Balaban J connectivity index is 1.70. The van der Waals surface area contributed by atoms with Gasteiger partial charge in [0, 0.05) is 30.6 Å². The maximum absolute atomic E-state index is 14.7. The summed E-state index contributed by atoms with van der Waals surface area (Å²) in [5, 5.41) is 13.7. The average molecular weight is 461 g/mol. The van der Waals surface area contributed by atoms with E-state index in [4.69, 9.17) is 0 Å². The average Bonchev–Trinajstić information content (AvgIpc) is 2.78. The number of aliphatic hydroxyl groups excluding tert-OH is 1. The monoisotopic (exact) mass is 460 g/mol. The Kier molecular flexibility index (Phi) is 6.66. The van der Waals surface area contributed by atoms with Crippen LogP contribution in [0, 0.1) is 12.7 Å². The van der Waals surface area contributed by atoms with Gasteiger partial charge in [-0.15, -0.1) is 0 Å². The summed E-state index contributed by atoms with van der Waals surface area (Å²) in [5.41, 5.74) is 0.116. The molecule has 2 N–H and O–H groups in total. The summed E-state index contributed by atoms with van der Waals surface area (Å²) in [6.07, 6.45) is -1.24. The van der Waals surface area contributed by atoms with E-state index in [0.29, 0.717) is 41.5 Å². The van der Waals surface area contributed by atoms with Gasteiger partial charge in [0.25, 0.3) is 6.43 Å². The van der Waals surface area contributed by atoms with Crippen LogP contribution in [-0.4, -0.2) is 64.3 Å². The van der Waals surface area contributed by atoms with Crippen molar-refractivity contribution in [1.29, 1.82) is 0 Å². The molecule has 7 nitrogen and oxygen atoms in total. The maximum atomic E-state index is 14.7. The molecule has 1 fully saturated rings. The second kappa shape index (κ2) is 9.48. The highest BCUT2D eigenvalue weighted by Gasteiger charge is 2.26. The lowest BCUT2D eigenvalue weighted by Gasteiger charge is -2.40. The number of aryl methyl sites for hydroxylation is 1. The first-order chi connectivity index (χ1) is 15.8. The highest BCUT2D eigenvalue weighted by molar-refractivity contribution is 5.90. The normalized spacial score (nSPS) is 18.2. The Hall–Kier alpha value is -2.98. The maximum Gasteiger partial charge on any atom is 0.266 e. The number of aliphatic hydroxyl groups is 1. The number of nitrogens with one attached hydrogen (secondary N) is 1. The smallest absolute Gasteiger partial charge is 0.266 e. The molecule has 0 amide bonds. The molecule has 4 rings (SSSR count). The van der Waals surface area contributed by atoms with Crippen molar-refractivity contribution in [2.45, 2.75) is 32.4 Å². The van der Waals surface area contributed by atoms with Crippen LogP contribution in [0.3, 0.4) is 0 Å². The highest BCUT2D eigenvalue weighted by atomic mass is 19.3. The molecule has 1 saturated heterocycles. The molecule has 0 saturated carbocycles. The minimum Gasteiger partial charge on any atom is -0.394 e. The molecule has 0 bridgehead atoms. The van der Waals surface area contributed by atoms with Gasteiger partial charge in [-0.25, -0.2) is 28.1 Å². The van der Waals surface area contributed by atoms with Crippen molar-refractivity contribution < 1.29 is 18.3 Å². The van der Waals surface area contributed by atoms with Gasteiger partial charge in [-0.05, 0) is 27.0 Å². The first kappa shape index (κ1) is 23.2. The molecule has 33 heavy (non-hydrogen) atoms. The fourth-order valence-corrected chi connectivity index (χ4v) is 4.23. The third kappa shape index (κ3) is 4.72. The highest BCUT2D eigenvalue weighted by Crippen LogP contribution is 2.31. The SMILES string of the molecule is Cc1nc(N[C@H](C)c2cccc(C(F)F)c2F)c2cc(N3CCN(C)CC3CO)ncc2n1. The largest absolute Gasteiger partial charge is 0.394 e. The van der Waals surface area contributed by atoms with Gasteiger partial charge in [0.2, 0.25) is 0 Å². The van der Waals surface area contributed by atoms with Crippen molar-refractivity contribution in [1.82, 2.24) is 19.9 Å². The number of hydrogen-bond donors (Lipinski definition) is 2. The summed E-state index contributed by atoms with van der Waals surface area (Å²) in [6, 6.07) is 5.13. The quantitative estimate of drug-likeness (QED) is 0.581. The summed E-state index contributed by atoms with van der Waals surface area (Å²) in [7, 11) is 2.01. The van der Waals surface area contributed by atoms with Crippen molar-refractivity contribution in [2.75, 3.05) is 43.5 Å². The standard InChI is InChI=1S/C23H27F3N6O/c1-13(16-5-4-6-17(21(16)24)22(25)26)28-23-18-9-20(27-10-19(18)29-14(2)30-23)32-8-7-31(3)11-15(32)12-33/h4-6,9-10,13,15,22,33H,7-8,11-12H2,1-3H3,(H,28,29,30)/t13-,15?/m1/s1. The van der Waals surface area contributed by atoms with Crippen LogP contribution in [0.25, 0.3) is 10.9 Å². The molecule has 0 spiro atoms. The van der Waals surface area contributed by atoms with Crippen LogP contribution in [0.5, 0.6) is 0 Å². The third-order valence-corrected chi connectivity index (χ3v) is 5.98. The number of anilines is 2. The van der Waals surface area contributed by atoms with E-state index in [1.807, 2.05) is 13.1 Å². The van der Waals surface area contributed by atoms with E-state index in [1.165, 1.54) is 12.1 Å². The molecule has 176 valence electrons. The Morgan fingerprint density at radius 1 is 1.21 bits per heavy atom. The van der Waals surface area contributed by atoms with E-state index >= 15 is 0 Å². The number of fused-ring (bicyclic) bond motifs is 1. The van der Waals surface area contributed by atoms with Crippen molar-refractivity contribution in [2.24, 2.45) is 0 Å². The van der Waals surface area contributed by atoms with Crippen LogP contribution in [0.2, 0.25) is 0 Å². The van der Waals surface area contributed by atoms with E-state index in [2.05, 4.69) is 30.1 Å². The van der Waals surface area contributed by atoms with Gasteiger partial charge in [0.05, 0.1) is 36.0 Å². The number of piperazine rings is 1. The molecule has 1 aromatic carbocycles. The number of halogens is 3. The van der Waals surface area contributed by atoms with Crippen LogP contribution in [0.15, 0.2) is 30.5 Å². The molecule has 3 aromatic rings. The number of pyridine rings is 1. The molecular formula is C23H27F3N6O. The van der Waals surface area contributed by atoms with Crippen molar-refractivity contribution in [3.8, 4) is 0 Å². The minimum atomic E-state index is -2.89. The number of alkyl halides is 2. The van der Waals surface area contributed by atoms with Crippen LogP contribution in [0.4, 0.5) is 24.8 Å². The number of benzene rings is 1. The summed E-state index contributed by atoms with van der Waals surface area (Å²) in [4.78, 5) is 17.7. The fraction of sp³-hybridized carbons (Fsp3) is 0.435. The Labute approximate surface area is 190 Å². The minimum absolute atomic E-state index is 0.00362. The summed E-state index contributed by atoms with van der Waals surface area (Å²) in [6.45, 7) is 5.68. The molecule has 3 heterocycles. The van der Waals surface area contributed by atoms with Gasteiger partial charge in [0.15, 0.2) is 0 Å². The van der Waals surface area contributed by atoms with Crippen LogP contribution >= 0.6 is 0 Å². The topological polar surface area (TPSA) is 77.4 Å². The Morgan fingerprint density at radius 3 is 2.70 bits per heavy atom. The number of nitrogens with zero attached hydrogens (tertiary/aromatic N) is 5. The van der Waals surface area contributed by atoms with E-state index < -0.39 is 23.8 Å². The van der Waals surface area contributed by atoms with Gasteiger partial charge in [-0.2, -0.15) is 0 Å². The fourth-order valence-electron chi connectivity index (χ4n) is 4.23. The van der Waals surface area contributed by atoms with E-state index in [9.17, 15) is 18.3 Å². The number of aromatic nitrogens is 3. The second-order valence-corrected chi connectivity index (χ2v) is 8.39. The van der Waals surface area contributed by atoms with Gasteiger partial charge in [-0.3, -0.25) is 0 Å². The molecule has 2 aromatic heterocycles. The molecule has 1 unspecified atom stereocenters. The molecule has 1 aliphatic heterocycles. The molecule has 0 radical (unpaired) electrons. The molecule has 10 heteroatoms. The lowest BCUT2D eigenvalue weighted by Crippen LogP contribution is -2.53. The predicted molar refractivity (Wildman–Crippen MR) is 121 cm³/mol. The number of rotatable bonds is 6. The Bertz CT molecular complexity index is 1140. The van der Waals surface area contributed by atoms with Crippen LogP contribution in [-0.2, 0) is 0 Å². The number of likely N-dealkylation sites (N-methyl/N-ethyl adjacent to an activating group) is 1. The van der Waals surface area contributed by atoms with Gasteiger partial charge in [-0.1, -0.05) is 18.2 Å². The van der Waals surface area contributed by atoms with E-state index in [0.717, 1.165) is 12.6 Å². The van der Waals surface area contributed by atoms with Gasteiger partial charge in [0.1, 0.15) is 23.3 Å². The number of hydrogen-bond acceptors (Lipinski definition) is 7. The first-order valence-corrected chi connectivity index (χ1v) is 10.8. The lowest BCUT2D eigenvalue weighted by molar-refractivity contribution is 0.146. The molecule has 2 atom stereocenters. The molecular weight excluding hydrogens is 433 g/mol. The summed E-state index contributed by atoms with van der Waals surface area (Å²) < 4.78 is 41.0. The van der Waals surface area contributed by atoms with Crippen molar-refractivity contribution >= 4 is 22.5 Å². The van der Waals surface area contributed by atoms with Crippen LogP contribution in [0.1, 0.15) is 36.3 Å². The van der Waals surface area contributed by atoms with Crippen LogP contribution < -0.4 is 10.2 Å². The van der Waals surface area contributed by atoms with Gasteiger partial charge >= 0.3 is 0 Å². The van der Waals surface area contributed by atoms with E-state index in [1.54, 1.807) is 20.0 Å². The Morgan fingerprint density at radius 2 is 1.97 bits per heavy atom. The van der Waals surface area contributed by atoms with E-state index in [-0.39, 0.29) is 18.2 Å². The van der Waals surface area contributed by atoms with Gasteiger partial charge < -0.3 is 20.2 Å². The molecule has 0 aliphatic carbocycles.